The van der Waals surface area contributed by atoms with Crippen LogP contribution in [0.25, 0.3) is 0 Å². The molecule has 1 fully saturated rings. The summed E-state index contributed by atoms with van der Waals surface area (Å²) in [6.45, 7) is 2.27. The van der Waals surface area contributed by atoms with Crippen molar-refractivity contribution in [3.8, 4) is 0 Å². The zero-order valence-electron chi connectivity index (χ0n) is 8.56. The number of nitrogens with one attached hydrogen (secondary N) is 2. The molecule has 0 amide bonds. The van der Waals surface area contributed by atoms with E-state index in [1.807, 2.05) is 6.92 Å². The quantitative estimate of drug-likeness (QED) is 0.710. The Balaban J connectivity index is 1.72. The second kappa shape index (κ2) is 4.29. The Morgan fingerprint density at radius 3 is 3.13 bits per heavy atom. The highest BCUT2D eigenvalue weighted by Gasteiger charge is 2.35. The summed E-state index contributed by atoms with van der Waals surface area (Å²) in [5, 5.41) is 9.59. The minimum Gasteiger partial charge on any atom is -0.466 e. The molecule has 1 aromatic rings. The predicted molar refractivity (Wildman–Crippen MR) is 53.2 cm³/mol. The van der Waals surface area contributed by atoms with Crippen LogP contribution in [0.5, 0.6) is 0 Å². The first-order valence-electron chi connectivity index (χ1n) is 5.08. The number of hydrogen-bond acceptors (Lipinski definition) is 5. The molecule has 1 aliphatic rings. The van der Waals surface area contributed by atoms with E-state index >= 15 is 0 Å². The van der Waals surface area contributed by atoms with Crippen molar-refractivity contribution in [2.45, 2.75) is 25.8 Å². The van der Waals surface area contributed by atoms with Crippen LogP contribution in [0.1, 0.15) is 19.8 Å². The van der Waals surface area contributed by atoms with Gasteiger partial charge < -0.3 is 10.1 Å². The van der Waals surface area contributed by atoms with Crippen molar-refractivity contribution in [2.24, 2.45) is 5.92 Å². The summed E-state index contributed by atoms with van der Waals surface area (Å²) in [6, 6.07) is 0.298. The molecule has 2 rings (SSSR count). The van der Waals surface area contributed by atoms with E-state index in [4.69, 9.17) is 4.74 Å². The highest BCUT2D eigenvalue weighted by molar-refractivity contribution is 5.73. The van der Waals surface area contributed by atoms with Gasteiger partial charge in [0.15, 0.2) is 0 Å². The van der Waals surface area contributed by atoms with Crippen LogP contribution in [-0.2, 0) is 9.53 Å². The Hall–Kier alpha value is -1.59. The number of esters is 1. The van der Waals surface area contributed by atoms with E-state index < -0.39 is 0 Å². The SMILES string of the molecule is CCOC(=O)C1CC(Nc2ncn[nH]2)C1. The number of nitrogens with zero attached hydrogens (tertiary/aromatic N) is 2. The molecule has 0 atom stereocenters. The van der Waals surface area contributed by atoms with Gasteiger partial charge in [0.05, 0.1) is 12.5 Å². The Morgan fingerprint density at radius 1 is 1.73 bits per heavy atom. The molecule has 0 radical (unpaired) electrons. The molecule has 1 aromatic heterocycles. The summed E-state index contributed by atoms with van der Waals surface area (Å²) in [7, 11) is 0. The van der Waals surface area contributed by atoms with E-state index in [1.54, 1.807) is 0 Å². The van der Waals surface area contributed by atoms with Gasteiger partial charge in [-0.2, -0.15) is 5.10 Å². The molecule has 6 heteroatoms. The highest BCUT2D eigenvalue weighted by atomic mass is 16.5. The smallest absolute Gasteiger partial charge is 0.309 e. The maximum Gasteiger partial charge on any atom is 0.309 e. The summed E-state index contributed by atoms with van der Waals surface area (Å²) in [5.74, 6) is 0.612. The Kier molecular flexibility index (Phi) is 2.84. The van der Waals surface area contributed by atoms with E-state index in [-0.39, 0.29) is 11.9 Å². The molecular weight excluding hydrogens is 196 g/mol. The number of H-pyrrole nitrogens is 1. The van der Waals surface area contributed by atoms with Crippen LogP contribution in [0.2, 0.25) is 0 Å². The van der Waals surface area contributed by atoms with Gasteiger partial charge in [0, 0.05) is 6.04 Å². The number of aromatic nitrogens is 3. The number of anilines is 1. The van der Waals surface area contributed by atoms with Crippen LogP contribution in [0.4, 0.5) is 5.95 Å². The molecule has 1 aliphatic carbocycles. The molecule has 0 saturated heterocycles. The first-order chi connectivity index (χ1) is 7.29. The molecule has 0 aliphatic heterocycles. The number of carbonyl (C=O) groups is 1. The summed E-state index contributed by atoms with van der Waals surface area (Å²) >= 11 is 0. The van der Waals surface area contributed by atoms with Crippen LogP contribution in [0.3, 0.4) is 0 Å². The first-order valence-corrected chi connectivity index (χ1v) is 5.08. The normalized spacial score (nSPS) is 24.3. The lowest BCUT2D eigenvalue weighted by molar-refractivity contribution is -0.151. The average molecular weight is 210 g/mol. The molecule has 0 aromatic carbocycles. The summed E-state index contributed by atoms with van der Waals surface area (Å²) in [5.41, 5.74) is 0. The van der Waals surface area contributed by atoms with Gasteiger partial charge in [-0.3, -0.25) is 4.79 Å². The molecule has 1 heterocycles. The average Bonchev–Trinajstić information content (AvgIpc) is 2.63. The number of aromatic amines is 1. The van der Waals surface area contributed by atoms with Gasteiger partial charge in [-0.15, -0.1) is 0 Å². The van der Waals surface area contributed by atoms with Crippen molar-refractivity contribution >= 4 is 11.9 Å². The zero-order chi connectivity index (χ0) is 10.7. The van der Waals surface area contributed by atoms with E-state index in [1.165, 1.54) is 6.33 Å². The monoisotopic (exact) mass is 210 g/mol. The third-order valence-corrected chi connectivity index (χ3v) is 2.51. The maximum absolute atomic E-state index is 11.3. The van der Waals surface area contributed by atoms with Gasteiger partial charge in [-0.25, -0.2) is 10.1 Å². The van der Waals surface area contributed by atoms with E-state index in [9.17, 15) is 4.79 Å². The van der Waals surface area contributed by atoms with E-state index in [0.29, 0.717) is 18.6 Å². The summed E-state index contributed by atoms with van der Waals surface area (Å²) in [4.78, 5) is 15.2. The third-order valence-electron chi connectivity index (χ3n) is 2.51. The number of ether oxygens (including phenoxy) is 1. The number of hydrogen-bond donors (Lipinski definition) is 2. The Labute approximate surface area is 87.4 Å². The number of rotatable bonds is 4. The van der Waals surface area contributed by atoms with Crippen LogP contribution in [-0.4, -0.2) is 33.8 Å². The van der Waals surface area contributed by atoms with Crippen LogP contribution >= 0.6 is 0 Å². The van der Waals surface area contributed by atoms with Crippen LogP contribution in [0.15, 0.2) is 6.33 Å². The lowest BCUT2D eigenvalue weighted by Crippen LogP contribution is -2.40. The molecule has 2 N–H and O–H groups in total. The molecule has 0 bridgehead atoms. The molecule has 6 nitrogen and oxygen atoms in total. The molecular formula is C9H14N4O2. The van der Waals surface area contributed by atoms with Gasteiger partial charge in [0.1, 0.15) is 6.33 Å². The molecule has 15 heavy (non-hydrogen) atoms. The van der Waals surface area contributed by atoms with Gasteiger partial charge >= 0.3 is 5.97 Å². The van der Waals surface area contributed by atoms with Crippen LogP contribution < -0.4 is 5.32 Å². The lowest BCUT2D eigenvalue weighted by Gasteiger charge is -2.33. The summed E-state index contributed by atoms with van der Waals surface area (Å²) < 4.78 is 4.93. The standard InChI is InChI=1S/C9H14N4O2/c1-2-15-8(14)6-3-7(4-6)12-9-10-5-11-13-9/h5-7H,2-4H2,1H3,(H2,10,11,12,13). The van der Waals surface area contributed by atoms with Crippen molar-refractivity contribution < 1.29 is 9.53 Å². The fraction of sp³-hybridized carbons (Fsp3) is 0.667. The lowest BCUT2D eigenvalue weighted by atomic mass is 9.80. The second-order valence-corrected chi connectivity index (χ2v) is 3.60. The third kappa shape index (κ3) is 2.26. The fourth-order valence-electron chi connectivity index (χ4n) is 1.66. The highest BCUT2D eigenvalue weighted by Crippen LogP contribution is 2.30. The van der Waals surface area contributed by atoms with Crippen molar-refractivity contribution in [1.29, 1.82) is 0 Å². The minimum absolute atomic E-state index is 0.0466. The molecule has 0 spiro atoms. The molecule has 0 unspecified atom stereocenters. The van der Waals surface area contributed by atoms with Gasteiger partial charge in [0.2, 0.25) is 5.95 Å². The largest absolute Gasteiger partial charge is 0.466 e. The predicted octanol–water partition coefficient (Wildman–Crippen LogP) is 0.558. The van der Waals surface area contributed by atoms with E-state index in [2.05, 4.69) is 20.5 Å². The van der Waals surface area contributed by atoms with Gasteiger partial charge in [0.25, 0.3) is 0 Å². The van der Waals surface area contributed by atoms with E-state index in [0.717, 1.165) is 12.8 Å². The van der Waals surface area contributed by atoms with Crippen molar-refractivity contribution in [1.82, 2.24) is 15.2 Å². The molecule has 1 saturated carbocycles. The summed E-state index contributed by atoms with van der Waals surface area (Å²) in [6.07, 6.45) is 3.06. The van der Waals surface area contributed by atoms with Crippen molar-refractivity contribution in [3.63, 3.8) is 0 Å². The topological polar surface area (TPSA) is 79.9 Å². The van der Waals surface area contributed by atoms with Gasteiger partial charge in [-0.05, 0) is 19.8 Å². The van der Waals surface area contributed by atoms with Crippen LogP contribution in [0, 0.1) is 5.92 Å². The maximum atomic E-state index is 11.3. The van der Waals surface area contributed by atoms with Crippen molar-refractivity contribution in [3.05, 3.63) is 6.33 Å². The first kappa shape index (κ1) is 9.95. The van der Waals surface area contributed by atoms with Crippen molar-refractivity contribution in [2.75, 3.05) is 11.9 Å². The fourth-order valence-corrected chi connectivity index (χ4v) is 1.66. The Morgan fingerprint density at radius 2 is 2.53 bits per heavy atom. The molecule has 82 valence electrons. The Bertz CT molecular complexity index is 319. The second-order valence-electron chi connectivity index (χ2n) is 3.60. The zero-order valence-corrected chi connectivity index (χ0v) is 8.56. The van der Waals surface area contributed by atoms with Gasteiger partial charge in [-0.1, -0.05) is 0 Å². The number of carbonyl (C=O) groups excluding carboxylic acids is 1. The minimum atomic E-state index is -0.0897.